The molecule has 21 heavy (non-hydrogen) atoms. The summed E-state index contributed by atoms with van der Waals surface area (Å²) in [6, 6.07) is 1.10. The molecule has 0 atom stereocenters. The van der Waals surface area contributed by atoms with Crippen LogP contribution in [0.1, 0.15) is 53.0 Å². The van der Waals surface area contributed by atoms with E-state index in [4.69, 9.17) is 0 Å². The van der Waals surface area contributed by atoms with Gasteiger partial charge in [0.25, 0.3) is 0 Å². The lowest BCUT2D eigenvalue weighted by molar-refractivity contribution is 0.182. The molecule has 1 aromatic heterocycles. The van der Waals surface area contributed by atoms with Gasteiger partial charge in [0, 0.05) is 37.8 Å². The molecule has 1 rings (SSSR count). The van der Waals surface area contributed by atoms with Crippen LogP contribution in [-0.4, -0.2) is 47.1 Å². The highest BCUT2D eigenvalue weighted by atomic mass is 15.2. The van der Waals surface area contributed by atoms with Gasteiger partial charge in [-0.25, -0.2) is 9.97 Å². The Morgan fingerprint density at radius 1 is 1.00 bits per heavy atom. The second kappa shape index (κ2) is 8.17. The molecule has 0 spiro atoms. The summed E-state index contributed by atoms with van der Waals surface area (Å²) in [5.74, 6) is 2.23. The molecule has 0 saturated heterocycles. The van der Waals surface area contributed by atoms with Gasteiger partial charge in [0.2, 0.25) is 0 Å². The Labute approximate surface area is 129 Å². The fraction of sp³-hybridized carbons (Fsp3) is 0.750. The molecule has 0 aliphatic carbocycles. The van der Waals surface area contributed by atoms with Gasteiger partial charge in [-0.15, -0.1) is 0 Å². The third kappa shape index (κ3) is 4.84. The highest BCUT2D eigenvalue weighted by Gasteiger charge is 2.16. The molecule has 0 amide bonds. The van der Waals surface area contributed by atoms with Crippen molar-refractivity contribution < 1.29 is 0 Å². The number of hydrogen-bond acceptors (Lipinski definition) is 5. The number of hydrogen-bond donors (Lipinski definition) is 2. The monoisotopic (exact) mass is 293 g/mol. The van der Waals surface area contributed by atoms with E-state index >= 15 is 0 Å². The van der Waals surface area contributed by atoms with Crippen molar-refractivity contribution in [3.05, 3.63) is 11.9 Å². The zero-order valence-electron chi connectivity index (χ0n) is 14.6. The van der Waals surface area contributed by atoms with Crippen LogP contribution in [0.2, 0.25) is 0 Å². The average Bonchev–Trinajstić information content (AvgIpc) is 2.41. The number of anilines is 2. The molecule has 120 valence electrons. The molecule has 0 bridgehead atoms. The molecular formula is C16H31N5. The summed E-state index contributed by atoms with van der Waals surface area (Å²) in [6.45, 7) is 15.2. The van der Waals surface area contributed by atoms with E-state index in [2.05, 4.69) is 67.0 Å². The largest absolute Gasteiger partial charge is 0.373 e. The lowest BCUT2D eigenvalue weighted by atomic mass is 10.0. The van der Waals surface area contributed by atoms with E-state index in [1.54, 1.807) is 6.33 Å². The lowest BCUT2D eigenvalue weighted by Gasteiger charge is -2.30. The summed E-state index contributed by atoms with van der Waals surface area (Å²) < 4.78 is 0. The van der Waals surface area contributed by atoms with Crippen molar-refractivity contribution in [3.8, 4) is 0 Å². The topological polar surface area (TPSA) is 53.1 Å². The Kier molecular flexibility index (Phi) is 6.89. The summed E-state index contributed by atoms with van der Waals surface area (Å²) in [4.78, 5) is 11.2. The van der Waals surface area contributed by atoms with Gasteiger partial charge in [-0.2, -0.15) is 0 Å². The molecule has 2 N–H and O–H groups in total. The van der Waals surface area contributed by atoms with Crippen molar-refractivity contribution >= 4 is 11.6 Å². The third-order valence-corrected chi connectivity index (χ3v) is 3.69. The first-order valence-electron chi connectivity index (χ1n) is 7.90. The fourth-order valence-electron chi connectivity index (χ4n) is 2.70. The number of nitrogens with one attached hydrogen (secondary N) is 2. The molecule has 5 nitrogen and oxygen atoms in total. The normalized spacial score (nSPS) is 11.8. The predicted molar refractivity (Wildman–Crippen MR) is 91.1 cm³/mol. The van der Waals surface area contributed by atoms with Crippen LogP contribution in [-0.2, 0) is 0 Å². The number of aromatic nitrogens is 2. The molecule has 0 unspecified atom stereocenters. The standard InChI is InChI=1S/C16H31N5/c1-11(2)14-15(17-7)19-10-20-16(14)18-8-9-21(12(3)4)13(5)6/h10-13H,8-9H2,1-7H3,(H2,17,18,19,20). The van der Waals surface area contributed by atoms with Gasteiger partial charge in [-0.1, -0.05) is 13.8 Å². The summed E-state index contributed by atoms with van der Waals surface area (Å²) in [7, 11) is 1.90. The van der Waals surface area contributed by atoms with E-state index in [1.807, 2.05) is 7.05 Å². The van der Waals surface area contributed by atoms with Crippen LogP contribution in [0.15, 0.2) is 6.33 Å². The Hall–Kier alpha value is -1.36. The zero-order chi connectivity index (χ0) is 16.0. The summed E-state index contributed by atoms with van der Waals surface area (Å²) >= 11 is 0. The Morgan fingerprint density at radius 2 is 1.57 bits per heavy atom. The van der Waals surface area contributed by atoms with Crippen LogP contribution < -0.4 is 10.6 Å². The molecule has 0 aromatic carbocycles. The van der Waals surface area contributed by atoms with Crippen LogP contribution >= 0.6 is 0 Å². The van der Waals surface area contributed by atoms with Crippen LogP contribution in [0.5, 0.6) is 0 Å². The minimum Gasteiger partial charge on any atom is -0.373 e. The van der Waals surface area contributed by atoms with Gasteiger partial charge in [-0.05, 0) is 33.6 Å². The van der Waals surface area contributed by atoms with Gasteiger partial charge < -0.3 is 10.6 Å². The molecule has 0 aliphatic heterocycles. The second-order valence-electron chi connectivity index (χ2n) is 6.24. The lowest BCUT2D eigenvalue weighted by Crippen LogP contribution is -2.40. The van der Waals surface area contributed by atoms with Crippen molar-refractivity contribution in [2.45, 2.75) is 59.5 Å². The van der Waals surface area contributed by atoms with Gasteiger partial charge in [0.15, 0.2) is 0 Å². The van der Waals surface area contributed by atoms with Crippen molar-refractivity contribution in [2.24, 2.45) is 0 Å². The van der Waals surface area contributed by atoms with Gasteiger partial charge in [-0.3, -0.25) is 4.90 Å². The highest BCUT2D eigenvalue weighted by molar-refractivity contribution is 5.58. The van der Waals surface area contributed by atoms with Crippen molar-refractivity contribution in [1.29, 1.82) is 0 Å². The molecule has 0 radical (unpaired) electrons. The van der Waals surface area contributed by atoms with Gasteiger partial charge in [0.1, 0.15) is 18.0 Å². The summed E-state index contributed by atoms with van der Waals surface area (Å²) in [5.41, 5.74) is 1.15. The fourth-order valence-corrected chi connectivity index (χ4v) is 2.70. The van der Waals surface area contributed by atoms with Crippen LogP contribution in [0.25, 0.3) is 0 Å². The molecule has 1 aromatic rings. The SMILES string of the molecule is CNc1ncnc(NCCN(C(C)C)C(C)C)c1C(C)C. The third-order valence-electron chi connectivity index (χ3n) is 3.69. The maximum absolute atomic E-state index is 4.41. The van der Waals surface area contributed by atoms with Gasteiger partial charge >= 0.3 is 0 Å². The minimum absolute atomic E-state index is 0.377. The zero-order valence-corrected chi connectivity index (χ0v) is 14.6. The van der Waals surface area contributed by atoms with E-state index in [0.29, 0.717) is 18.0 Å². The molecule has 0 fully saturated rings. The van der Waals surface area contributed by atoms with E-state index in [0.717, 1.165) is 30.3 Å². The summed E-state index contributed by atoms with van der Waals surface area (Å²) in [5, 5.41) is 6.63. The first-order chi connectivity index (χ1) is 9.88. The smallest absolute Gasteiger partial charge is 0.135 e. The first-order valence-corrected chi connectivity index (χ1v) is 7.90. The molecule has 1 heterocycles. The number of rotatable bonds is 8. The molecular weight excluding hydrogens is 262 g/mol. The first kappa shape index (κ1) is 17.7. The summed E-state index contributed by atoms with van der Waals surface area (Å²) in [6.07, 6.45) is 1.61. The maximum atomic E-state index is 4.41. The molecule has 0 aliphatic rings. The van der Waals surface area contributed by atoms with Crippen LogP contribution in [0, 0.1) is 0 Å². The molecule has 5 heteroatoms. The number of nitrogens with zero attached hydrogens (tertiary/aromatic N) is 3. The molecule has 0 saturated carbocycles. The van der Waals surface area contributed by atoms with Gasteiger partial charge in [0.05, 0.1) is 0 Å². The highest BCUT2D eigenvalue weighted by Crippen LogP contribution is 2.27. The van der Waals surface area contributed by atoms with E-state index < -0.39 is 0 Å². The van der Waals surface area contributed by atoms with Crippen molar-refractivity contribution in [2.75, 3.05) is 30.8 Å². The van der Waals surface area contributed by atoms with Crippen molar-refractivity contribution in [1.82, 2.24) is 14.9 Å². The van der Waals surface area contributed by atoms with E-state index in [1.165, 1.54) is 0 Å². The maximum Gasteiger partial charge on any atom is 0.135 e. The van der Waals surface area contributed by atoms with E-state index in [-0.39, 0.29) is 0 Å². The average molecular weight is 293 g/mol. The Bertz CT molecular complexity index is 421. The van der Waals surface area contributed by atoms with Crippen LogP contribution in [0.3, 0.4) is 0 Å². The quantitative estimate of drug-likeness (QED) is 0.771. The van der Waals surface area contributed by atoms with E-state index in [9.17, 15) is 0 Å². The van der Waals surface area contributed by atoms with Crippen molar-refractivity contribution in [3.63, 3.8) is 0 Å². The van der Waals surface area contributed by atoms with Crippen LogP contribution in [0.4, 0.5) is 11.6 Å². The Balaban J connectivity index is 2.75. The predicted octanol–water partition coefficient (Wildman–Crippen LogP) is 3.17. The minimum atomic E-state index is 0.377. The second-order valence-corrected chi connectivity index (χ2v) is 6.24. The Morgan fingerprint density at radius 3 is 2.05 bits per heavy atom.